The van der Waals surface area contributed by atoms with Gasteiger partial charge in [-0.15, -0.1) is 0 Å². The molecule has 0 fully saturated rings. The van der Waals surface area contributed by atoms with Gasteiger partial charge in [0.25, 0.3) is 0 Å². The number of carbonyl (C=O) groups excluding carboxylic acids is 1. The third kappa shape index (κ3) is 5.36. The second-order valence-corrected chi connectivity index (χ2v) is 6.59. The predicted octanol–water partition coefficient (Wildman–Crippen LogP) is 4.39. The topological polar surface area (TPSA) is 77.0 Å². The fourth-order valence-corrected chi connectivity index (χ4v) is 2.86. The van der Waals surface area contributed by atoms with Crippen LogP contribution in [-0.2, 0) is 16.0 Å². The zero-order chi connectivity index (χ0) is 19.9. The lowest BCUT2D eigenvalue weighted by atomic mass is 10.1. The van der Waals surface area contributed by atoms with E-state index in [2.05, 4.69) is 26.3 Å². The Morgan fingerprint density at radius 3 is 2.68 bits per heavy atom. The van der Waals surface area contributed by atoms with Crippen molar-refractivity contribution in [1.82, 2.24) is 15.0 Å². The summed E-state index contributed by atoms with van der Waals surface area (Å²) in [6.45, 7) is 6.19. The van der Waals surface area contributed by atoms with E-state index in [1.165, 1.54) is 0 Å². The van der Waals surface area contributed by atoms with Crippen LogP contribution in [0, 0.1) is 13.8 Å². The SMILES string of the molecule is CCOC(=O)CCc1ccc(-c2cc(C)cc(Nc3nccc(C)n3)c2)nc1. The second-order valence-electron chi connectivity index (χ2n) is 6.59. The van der Waals surface area contributed by atoms with Gasteiger partial charge in [0.15, 0.2) is 0 Å². The van der Waals surface area contributed by atoms with Crippen molar-refractivity contribution in [2.75, 3.05) is 11.9 Å². The molecule has 1 N–H and O–H groups in total. The van der Waals surface area contributed by atoms with Crippen molar-refractivity contribution in [3.63, 3.8) is 0 Å². The number of ether oxygens (including phenoxy) is 1. The first kappa shape index (κ1) is 19.5. The Labute approximate surface area is 165 Å². The molecule has 2 heterocycles. The highest BCUT2D eigenvalue weighted by Gasteiger charge is 2.07. The molecule has 0 aliphatic rings. The van der Waals surface area contributed by atoms with Crippen LogP contribution in [0.3, 0.4) is 0 Å². The number of esters is 1. The van der Waals surface area contributed by atoms with Crippen LogP contribution in [0.2, 0.25) is 0 Å². The van der Waals surface area contributed by atoms with E-state index >= 15 is 0 Å². The number of aryl methyl sites for hydroxylation is 3. The summed E-state index contributed by atoms with van der Waals surface area (Å²) in [4.78, 5) is 24.7. The number of pyridine rings is 1. The number of nitrogens with zero attached hydrogens (tertiary/aromatic N) is 3. The van der Waals surface area contributed by atoms with E-state index in [0.717, 1.165) is 33.8 Å². The van der Waals surface area contributed by atoms with Crippen molar-refractivity contribution in [3.8, 4) is 11.3 Å². The van der Waals surface area contributed by atoms with Gasteiger partial charge in [-0.05, 0) is 68.7 Å². The first-order valence-electron chi connectivity index (χ1n) is 9.33. The molecular formula is C22H24N4O2. The quantitative estimate of drug-likeness (QED) is 0.616. The largest absolute Gasteiger partial charge is 0.466 e. The van der Waals surface area contributed by atoms with Crippen LogP contribution in [0.4, 0.5) is 11.6 Å². The third-order valence-electron chi connectivity index (χ3n) is 4.17. The van der Waals surface area contributed by atoms with Crippen LogP contribution < -0.4 is 5.32 Å². The van der Waals surface area contributed by atoms with Crippen molar-refractivity contribution in [2.45, 2.75) is 33.6 Å². The van der Waals surface area contributed by atoms with E-state index in [4.69, 9.17) is 4.74 Å². The highest BCUT2D eigenvalue weighted by molar-refractivity contribution is 5.70. The maximum atomic E-state index is 11.5. The zero-order valence-corrected chi connectivity index (χ0v) is 16.4. The number of anilines is 2. The molecule has 0 spiro atoms. The monoisotopic (exact) mass is 376 g/mol. The van der Waals surface area contributed by atoms with E-state index in [1.54, 1.807) is 6.20 Å². The van der Waals surface area contributed by atoms with Crippen LogP contribution in [0.5, 0.6) is 0 Å². The smallest absolute Gasteiger partial charge is 0.306 e. The van der Waals surface area contributed by atoms with E-state index in [1.807, 2.05) is 57.3 Å². The summed E-state index contributed by atoms with van der Waals surface area (Å²) < 4.78 is 4.96. The fourth-order valence-electron chi connectivity index (χ4n) is 2.86. The normalized spacial score (nSPS) is 10.5. The van der Waals surface area contributed by atoms with Gasteiger partial charge in [0.2, 0.25) is 5.95 Å². The fraction of sp³-hybridized carbons (Fsp3) is 0.273. The molecule has 144 valence electrons. The first-order valence-corrected chi connectivity index (χ1v) is 9.33. The lowest BCUT2D eigenvalue weighted by molar-refractivity contribution is -0.143. The minimum atomic E-state index is -0.181. The summed E-state index contributed by atoms with van der Waals surface area (Å²) in [6, 6.07) is 12.0. The molecule has 28 heavy (non-hydrogen) atoms. The van der Waals surface area contributed by atoms with Gasteiger partial charge in [0.05, 0.1) is 12.3 Å². The molecule has 0 aliphatic carbocycles. The molecule has 0 bridgehead atoms. The summed E-state index contributed by atoms with van der Waals surface area (Å²) in [7, 11) is 0. The van der Waals surface area contributed by atoms with Crippen molar-refractivity contribution in [1.29, 1.82) is 0 Å². The molecule has 1 aromatic carbocycles. The van der Waals surface area contributed by atoms with Gasteiger partial charge >= 0.3 is 5.97 Å². The van der Waals surface area contributed by atoms with E-state index in [-0.39, 0.29) is 5.97 Å². The predicted molar refractivity (Wildman–Crippen MR) is 109 cm³/mol. The molecule has 0 saturated heterocycles. The number of aromatic nitrogens is 3. The second kappa shape index (κ2) is 9.08. The highest BCUT2D eigenvalue weighted by atomic mass is 16.5. The van der Waals surface area contributed by atoms with E-state index in [0.29, 0.717) is 25.4 Å². The Morgan fingerprint density at radius 2 is 1.96 bits per heavy atom. The van der Waals surface area contributed by atoms with E-state index < -0.39 is 0 Å². The molecule has 3 rings (SSSR count). The van der Waals surface area contributed by atoms with Gasteiger partial charge in [0.1, 0.15) is 0 Å². The number of nitrogens with one attached hydrogen (secondary N) is 1. The van der Waals surface area contributed by atoms with E-state index in [9.17, 15) is 4.79 Å². The summed E-state index contributed by atoms with van der Waals surface area (Å²) in [5.74, 6) is 0.387. The van der Waals surface area contributed by atoms with Gasteiger partial charge in [0, 0.05) is 35.8 Å². The lowest BCUT2D eigenvalue weighted by Gasteiger charge is -2.10. The van der Waals surface area contributed by atoms with Gasteiger partial charge < -0.3 is 10.1 Å². The van der Waals surface area contributed by atoms with Crippen LogP contribution in [0.15, 0.2) is 48.8 Å². The van der Waals surface area contributed by atoms with Crippen LogP contribution in [0.25, 0.3) is 11.3 Å². The molecule has 0 unspecified atom stereocenters. The molecule has 0 radical (unpaired) electrons. The van der Waals surface area contributed by atoms with Crippen LogP contribution >= 0.6 is 0 Å². The molecular weight excluding hydrogens is 352 g/mol. The zero-order valence-electron chi connectivity index (χ0n) is 16.4. The van der Waals surface area contributed by atoms with Crippen molar-refractivity contribution in [2.24, 2.45) is 0 Å². The summed E-state index contributed by atoms with van der Waals surface area (Å²) >= 11 is 0. The van der Waals surface area contributed by atoms with Crippen molar-refractivity contribution in [3.05, 3.63) is 65.6 Å². The first-order chi connectivity index (χ1) is 13.5. The summed E-state index contributed by atoms with van der Waals surface area (Å²) in [5, 5.41) is 3.25. The Balaban J connectivity index is 1.74. The molecule has 2 aromatic heterocycles. The minimum Gasteiger partial charge on any atom is -0.466 e. The van der Waals surface area contributed by atoms with Crippen molar-refractivity contribution >= 4 is 17.6 Å². The number of carbonyl (C=O) groups is 1. The molecule has 0 aliphatic heterocycles. The maximum absolute atomic E-state index is 11.5. The molecule has 0 saturated carbocycles. The van der Waals surface area contributed by atoms with Crippen LogP contribution in [0.1, 0.15) is 30.2 Å². The molecule has 6 nitrogen and oxygen atoms in total. The molecule has 0 amide bonds. The van der Waals surface area contributed by atoms with Gasteiger partial charge in [-0.25, -0.2) is 9.97 Å². The Kier molecular flexibility index (Phi) is 6.32. The molecule has 0 atom stereocenters. The van der Waals surface area contributed by atoms with Gasteiger partial charge in [-0.1, -0.05) is 6.07 Å². The molecule has 6 heteroatoms. The lowest BCUT2D eigenvalue weighted by Crippen LogP contribution is -2.05. The summed E-state index contributed by atoms with van der Waals surface area (Å²) in [5.41, 5.74) is 5.82. The van der Waals surface area contributed by atoms with Gasteiger partial charge in [-0.3, -0.25) is 9.78 Å². The number of benzene rings is 1. The maximum Gasteiger partial charge on any atom is 0.306 e. The van der Waals surface area contributed by atoms with Crippen LogP contribution in [-0.4, -0.2) is 27.5 Å². The standard InChI is InChI=1S/C22H24N4O2/c1-4-28-21(27)8-6-17-5-7-20(24-14-17)18-11-15(2)12-19(13-18)26-22-23-10-9-16(3)25-22/h5,7,9-14H,4,6,8H2,1-3H3,(H,23,25,26). The minimum absolute atomic E-state index is 0.181. The average Bonchev–Trinajstić information content (AvgIpc) is 2.66. The van der Waals surface area contributed by atoms with Crippen molar-refractivity contribution < 1.29 is 9.53 Å². The number of hydrogen-bond acceptors (Lipinski definition) is 6. The average molecular weight is 376 g/mol. The highest BCUT2D eigenvalue weighted by Crippen LogP contribution is 2.25. The Morgan fingerprint density at radius 1 is 1.11 bits per heavy atom. The van der Waals surface area contributed by atoms with Gasteiger partial charge in [-0.2, -0.15) is 0 Å². The number of rotatable bonds is 7. The number of hydrogen-bond donors (Lipinski definition) is 1. The molecule has 3 aromatic rings. The Hall–Kier alpha value is -3.28. The Bertz CT molecular complexity index is 955. The summed E-state index contributed by atoms with van der Waals surface area (Å²) in [6.07, 6.45) is 4.53. The third-order valence-corrected chi connectivity index (χ3v) is 4.17.